The number of carbonyl (C=O) groups excluding carboxylic acids is 1. The van der Waals surface area contributed by atoms with Crippen molar-refractivity contribution in [1.29, 1.82) is 0 Å². The topological polar surface area (TPSA) is 80.2 Å². The lowest BCUT2D eigenvalue weighted by Gasteiger charge is -2.30. The van der Waals surface area contributed by atoms with Gasteiger partial charge in [-0.3, -0.25) is 4.79 Å². The molecule has 1 heterocycles. The van der Waals surface area contributed by atoms with Crippen molar-refractivity contribution in [2.24, 2.45) is 4.99 Å². The fourth-order valence-corrected chi connectivity index (χ4v) is 5.32. The molecular weight excluding hydrogens is 623 g/mol. The van der Waals surface area contributed by atoms with E-state index in [0.717, 1.165) is 21.2 Å². The molecule has 0 saturated carbocycles. The van der Waals surface area contributed by atoms with E-state index in [4.69, 9.17) is 19.6 Å². The van der Waals surface area contributed by atoms with Gasteiger partial charge in [0.25, 0.3) is 5.91 Å². The van der Waals surface area contributed by atoms with Crippen LogP contribution in [0.4, 0.5) is 4.39 Å². The number of hydrogen-bond donors (Lipinski definition) is 2. The zero-order valence-electron chi connectivity index (χ0n) is 24.2. The Hall–Kier alpha value is -4.27. The van der Waals surface area contributed by atoms with Crippen LogP contribution in [0.2, 0.25) is 0 Å². The Bertz CT molecular complexity index is 1590. The summed E-state index contributed by atoms with van der Waals surface area (Å²) in [6, 6.07) is 31.3. The first-order valence-corrected chi connectivity index (χ1v) is 15.4. The van der Waals surface area contributed by atoms with Gasteiger partial charge in [-0.25, -0.2) is 9.38 Å². The molecule has 44 heavy (non-hydrogen) atoms. The zero-order chi connectivity index (χ0) is 30.8. The smallest absolute Gasteiger partial charge is 0.252 e. The fourth-order valence-electron chi connectivity index (χ4n) is 5.06. The van der Waals surface area contributed by atoms with Gasteiger partial charge in [0, 0.05) is 36.0 Å². The molecule has 4 aromatic rings. The Labute approximate surface area is 265 Å². The van der Waals surface area contributed by atoms with E-state index in [1.165, 1.54) is 12.1 Å². The highest BCUT2D eigenvalue weighted by atomic mass is 79.9. The molecular formula is C36H34BrFN2O4. The summed E-state index contributed by atoms with van der Waals surface area (Å²) in [5.74, 6) is 0.430. The van der Waals surface area contributed by atoms with Crippen molar-refractivity contribution in [3.63, 3.8) is 0 Å². The van der Waals surface area contributed by atoms with Gasteiger partial charge in [0.05, 0.1) is 6.61 Å². The first kappa shape index (κ1) is 31.2. The number of halogens is 2. The lowest BCUT2D eigenvalue weighted by Crippen LogP contribution is -2.48. The van der Waals surface area contributed by atoms with Crippen molar-refractivity contribution in [3.8, 4) is 5.75 Å². The Balaban J connectivity index is 1.48. The molecule has 1 amide bonds. The van der Waals surface area contributed by atoms with Crippen LogP contribution in [-0.2, 0) is 16.0 Å². The molecule has 5 rings (SSSR count). The number of benzene rings is 4. The van der Waals surface area contributed by atoms with Crippen LogP contribution in [0.25, 0.3) is 6.08 Å². The van der Waals surface area contributed by atoms with E-state index in [9.17, 15) is 9.18 Å². The molecule has 4 aromatic carbocycles. The summed E-state index contributed by atoms with van der Waals surface area (Å²) < 4.78 is 26.9. The van der Waals surface area contributed by atoms with Crippen molar-refractivity contribution in [2.45, 2.75) is 30.9 Å². The summed E-state index contributed by atoms with van der Waals surface area (Å²) in [5.41, 5.74) is 2.01. The molecule has 0 spiro atoms. The first-order chi connectivity index (χ1) is 21.5. The molecule has 6 nitrogen and oxygen atoms in total. The Morgan fingerprint density at radius 2 is 1.80 bits per heavy atom. The Morgan fingerprint density at radius 3 is 2.52 bits per heavy atom. The maximum absolute atomic E-state index is 14.2. The fraction of sp³-hybridized carbons (Fsp3) is 0.222. The number of aliphatic imine (C=N–C) groups is 1. The number of nitrogens with zero attached hydrogens (tertiary/aromatic N) is 1. The molecule has 1 aliphatic rings. The van der Waals surface area contributed by atoms with Crippen LogP contribution in [0, 0.1) is 5.82 Å². The molecule has 2 N–H and O–H groups in total. The molecule has 0 aromatic heterocycles. The van der Waals surface area contributed by atoms with Crippen LogP contribution in [0.3, 0.4) is 0 Å². The summed E-state index contributed by atoms with van der Waals surface area (Å²) >= 11 is 3.51. The molecule has 0 radical (unpaired) electrons. The van der Waals surface area contributed by atoms with Crippen molar-refractivity contribution >= 4 is 33.8 Å². The maximum Gasteiger partial charge on any atom is 0.252 e. The maximum atomic E-state index is 14.2. The van der Waals surface area contributed by atoms with Crippen molar-refractivity contribution in [1.82, 2.24) is 5.32 Å². The van der Waals surface area contributed by atoms with Gasteiger partial charge in [-0.15, -0.1) is 0 Å². The molecule has 0 saturated heterocycles. The summed E-state index contributed by atoms with van der Waals surface area (Å²) in [6.45, 7) is 0.779. The normalized spacial score (nSPS) is 17.7. The third-order valence-corrected chi connectivity index (χ3v) is 7.86. The van der Waals surface area contributed by atoms with Crippen molar-refractivity contribution in [2.75, 3.05) is 19.8 Å². The van der Waals surface area contributed by atoms with Crippen LogP contribution in [0.1, 0.15) is 41.2 Å². The van der Waals surface area contributed by atoms with E-state index in [0.29, 0.717) is 43.2 Å². The lowest BCUT2D eigenvalue weighted by atomic mass is 9.84. The first-order valence-electron chi connectivity index (χ1n) is 14.6. The number of aliphatic hydroxyl groups is 1. The number of hydrogen-bond acceptors (Lipinski definition) is 5. The predicted molar refractivity (Wildman–Crippen MR) is 174 cm³/mol. The molecule has 1 aliphatic heterocycles. The Morgan fingerprint density at radius 1 is 1.02 bits per heavy atom. The van der Waals surface area contributed by atoms with E-state index in [2.05, 4.69) is 21.2 Å². The summed E-state index contributed by atoms with van der Waals surface area (Å²) in [4.78, 5) is 19.3. The predicted octanol–water partition coefficient (Wildman–Crippen LogP) is 7.07. The van der Waals surface area contributed by atoms with Gasteiger partial charge in [-0.05, 0) is 71.6 Å². The van der Waals surface area contributed by atoms with Crippen LogP contribution >= 0.6 is 15.9 Å². The minimum absolute atomic E-state index is 0.0608. The van der Waals surface area contributed by atoms with Gasteiger partial charge in [0.2, 0.25) is 5.90 Å². The van der Waals surface area contributed by atoms with E-state index in [1.54, 1.807) is 6.07 Å². The van der Waals surface area contributed by atoms with Gasteiger partial charge in [-0.2, -0.15) is 0 Å². The molecule has 0 fully saturated rings. The monoisotopic (exact) mass is 656 g/mol. The summed E-state index contributed by atoms with van der Waals surface area (Å²) in [6.07, 6.45) is 4.52. The SMILES string of the molecule is O=C(NCCc1cccc(F)c1)[C@]1(C/C=C/c2ccccc2)N=C(c2ccc(OCCCO)cc2)O[C@@H]1c1ccc(Br)cc1. The minimum Gasteiger partial charge on any atom is -0.494 e. The second-order valence-electron chi connectivity index (χ2n) is 10.5. The second kappa shape index (κ2) is 14.9. The quantitative estimate of drug-likeness (QED) is 0.151. The van der Waals surface area contributed by atoms with E-state index >= 15 is 0 Å². The highest BCUT2D eigenvalue weighted by molar-refractivity contribution is 9.10. The van der Waals surface area contributed by atoms with Gasteiger partial charge in [-0.1, -0.05) is 82.7 Å². The third-order valence-electron chi connectivity index (χ3n) is 7.33. The molecule has 0 unspecified atom stereocenters. The average Bonchev–Trinajstić information content (AvgIpc) is 3.43. The largest absolute Gasteiger partial charge is 0.494 e. The number of carbonyl (C=O) groups is 1. The van der Waals surface area contributed by atoms with Crippen LogP contribution in [0.15, 0.2) is 119 Å². The van der Waals surface area contributed by atoms with Crippen LogP contribution in [-0.4, -0.2) is 42.2 Å². The molecule has 2 atom stereocenters. The van der Waals surface area contributed by atoms with E-state index < -0.39 is 11.6 Å². The summed E-state index contributed by atoms with van der Waals surface area (Å²) in [7, 11) is 0. The lowest BCUT2D eigenvalue weighted by molar-refractivity contribution is -0.128. The number of aliphatic hydroxyl groups excluding tert-OH is 1. The van der Waals surface area contributed by atoms with Crippen molar-refractivity contribution in [3.05, 3.63) is 142 Å². The number of amides is 1. The van der Waals surface area contributed by atoms with E-state index in [-0.39, 0.29) is 24.8 Å². The Kier molecular flexibility index (Phi) is 10.6. The minimum atomic E-state index is -1.31. The average molecular weight is 658 g/mol. The molecule has 0 aliphatic carbocycles. The zero-order valence-corrected chi connectivity index (χ0v) is 25.8. The number of rotatable bonds is 13. The second-order valence-corrected chi connectivity index (χ2v) is 11.4. The van der Waals surface area contributed by atoms with Gasteiger partial charge < -0.3 is 19.9 Å². The standard InChI is InChI=1S/C36H34BrFN2O4/c37-30-16-12-28(13-17-30)33-36(21-5-10-26-7-2-1-3-8-26,35(42)39-22-20-27-9-4-11-31(38)25-27)40-34(44-33)29-14-18-32(19-15-29)43-24-6-23-41/h1-5,7-19,25,33,41H,6,20-24H2,(H,39,42)/b10-5+/t33-,36-/m1/s1. The van der Waals surface area contributed by atoms with Gasteiger partial charge in [0.1, 0.15) is 11.6 Å². The number of ether oxygens (including phenoxy) is 2. The number of nitrogens with one attached hydrogen (secondary N) is 1. The third kappa shape index (κ3) is 7.81. The van der Waals surface area contributed by atoms with Crippen LogP contribution in [0.5, 0.6) is 5.75 Å². The van der Waals surface area contributed by atoms with Crippen LogP contribution < -0.4 is 10.1 Å². The van der Waals surface area contributed by atoms with Gasteiger partial charge in [0.15, 0.2) is 11.6 Å². The molecule has 226 valence electrons. The highest BCUT2D eigenvalue weighted by Gasteiger charge is 2.52. The summed E-state index contributed by atoms with van der Waals surface area (Å²) in [5, 5.41) is 12.1. The van der Waals surface area contributed by atoms with Crippen molar-refractivity contribution < 1.29 is 23.8 Å². The molecule has 0 bridgehead atoms. The van der Waals surface area contributed by atoms with E-state index in [1.807, 2.05) is 97.1 Å². The highest BCUT2D eigenvalue weighted by Crippen LogP contribution is 2.43. The molecule has 8 heteroatoms. The van der Waals surface area contributed by atoms with Gasteiger partial charge >= 0.3 is 0 Å².